The van der Waals surface area contributed by atoms with Gasteiger partial charge in [-0.1, -0.05) is 24.3 Å². The number of para-hydroxylation sites is 1. The normalized spacial score (nSPS) is 12.3. The third-order valence-electron chi connectivity index (χ3n) is 4.61. The maximum absolute atomic E-state index is 6.13. The summed E-state index contributed by atoms with van der Waals surface area (Å²) in [5, 5.41) is 1.27. The van der Waals surface area contributed by atoms with E-state index >= 15 is 0 Å². The van der Waals surface area contributed by atoms with E-state index in [-0.39, 0.29) is 5.92 Å². The molecule has 1 unspecified atom stereocenters. The van der Waals surface area contributed by atoms with Gasteiger partial charge < -0.3 is 19.8 Å². The third kappa shape index (κ3) is 2.97. The zero-order valence-corrected chi connectivity index (χ0v) is 14.5. The molecular formula is C20H24N2O2. The van der Waals surface area contributed by atoms with Gasteiger partial charge in [0.1, 0.15) is 11.5 Å². The van der Waals surface area contributed by atoms with E-state index in [1.54, 1.807) is 14.2 Å². The highest BCUT2D eigenvalue weighted by Crippen LogP contribution is 2.33. The first kappa shape index (κ1) is 16.4. The van der Waals surface area contributed by atoms with Crippen LogP contribution >= 0.6 is 0 Å². The Morgan fingerprint density at radius 1 is 1.08 bits per heavy atom. The number of aryl methyl sites for hydroxylation is 1. The summed E-state index contributed by atoms with van der Waals surface area (Å²) in [5.41, 5.74) is 9.78. The van der Waals surface area contributed by atoms with Crippen LogP contribution in [0.2, 0.25) is 0 Å². The molecular weight excluding hydrogens is 300 g/mol. The van der Waals surface area contributed by atoms with Gasteiger partial charge >= 0.3 is 0 Å². The van der Waals surface area contributed by atoms with Gasteiger partial charge in [0, 0.05) is 36.1 Å². The minimum atomic E-state index is 0.235. The lowest BCUT2D eigenvalue weighted by Gasteiger charge is -2.17. The number of ether oxygens (including phenoxy) is 2. The summed E-state index contributed by atoms with van der Waals surface area (Å²) >= 11 is 0. The van der Waals surface area contributed by atoms with Crippen molar-refractivity contribution in [2.75, 3.05) is 20.8 Å². The minimum Gasteiger partial charge on any atom is -0.497 e. The number of fused-ring (bicyclic) bond motifs is 1. The van der Waals surface area contributed by atoms with E-state index in [4.69, 9.17) is 15.2 Å². The molecule has 0 spiro atoms. The molecule has 1 atom stereocenters. The summed E-state index contributed by atoms with van der Waals surface area (Å²) in [4.78, 5) is 0. The first-order valence-corrected chi connectivity index (χ1v) is 8.12. The summed E-state index contributed by atoms with van der Waals surface area (Å²) in [5.74, 6) is 1.87. The Balaban J connectivity index is 1.98. The van der Waals surface area contributed by atoms with Crippen LogP contribution < -0.4 is 15.2 Å². The molecule has 0 radical (unpaired) electrons. The Morgan fingerprint density at radius 3 is 2.58 bits per heavy atom. The van der Waals surface area contributed by atoms with Gasteiger partial charge in [0.05, 0.1) is 14.2 Å². The number of hydrogen-bond acceptors (Lipinski definition) is 3. The van der Waals surface area contributed by atoms with Crippen molar-refractivity contribution in [2.45, 2.75) is 12.3 Å². The topological polar surface area (TPSA) is 49.4 Å². The summed E-state index contributed by atoms with van der Waals surface area (Å²) in [7, 11) is 5.42. The van der Waals surface area contributed by atoms with Crippen molar-refractivity contribution in [3.8, 4) is 11.5 Å². The average Bonchev–Trinajstić information content (AvgIpc) is 2.96. The fourth-order valence-corrected chi connectivity index (χ4v) is 3.30. The molecule has 24 heavy (non-hydrogen) atoms. The summed E-state index contributed by atoms with van der Waals surface area (Å²) in [6.07, 6.45) is 3.02. The molecule has 3 aromatic rings. The smallest absolute Gasteiger partial charge is 0.125 e. The van der Waals surface area contributed by atoms with Crippen LogP contribution in [0.25, 0.3) is 10.9 Å². The molecule has 126 valence electrons. The number of rotatable bonds is 6. The first-order chi connectivity index (χ1) is 11.7. The fraction of sp³-hybridized carbons (Fsp3) is 0.300. The molecule has 2 aromatic carbocycles. The molecule has 0 amide bonds. The molecule has 0 saturated carbocycles. The van der Waals surface area contributed by atoms with E-state index in [1.165, 1.54) is 16.5 Å². The van der Waals surface area contributed by atoms with Gasteiger partial charge in [-0.25, -0.2) is 0 Å². The standard InChI is InChI=1S/C20H24N2O2/c1-22-13-18(17-6-4-5-7-19(17)22)15(12-21)10-14-8-9-16(23-2)11-20(14)24-3/h4-9,11,13,15H,10,12,21H2,1-3H3. The largest absolute Gasteiger partial charge is 0.497 e. The van der Waals surface area contributed by atoms with Gasteiger partial charge in [-0.05, 0) is 36.2 Å². The second kappa shape index (κ2) is 6.97. The molecule has 0 fully saturated rings. The summed E-state index contributed by atoms with van der Waals surface area (Å²) < 4.78 is 13.0. The average molecular weight is 324 g/mol. The molecule has 0 aliphatic rings. The van der Waals surface area contributed by atoms with Crippen LogP contribution in [0.15, 0.2) is 48.7 Å². The molecule has 3 rings (SSSR count). The van der Waals surface area contributed by atoms with Crippen LogP contribution in [0.1, 0.15) is 17.0 Å². The lowest BCUT2D eigenvalue weighted by atomic mass is 9.91. The van der Waals surface area contributed by atoms with Gasteiger partial charge in [-0.15, -0.1) is 0 Å². The van der Waals surface area contributed by atoms with Crippen molar-refractivity contribution < 1.29 is 9.47 Å². The zero-order chi connectivity index (χ0) is 17.1. The maximum atomic E-state index is 6.13. The number of hydrogen-bond donors (Lipinski definition) is 1. The highest BCUT2D eigenvalue weighted by atomic mass is 16.5. The first-order valence-electron chi connectivity index (χ1n) is 8.12. The van der Waals surface area contributed by atoms with Crippen molar-refractivity contribution in [3.05, 3.63) is 59.8 Å². The predicted molar refractivity (Wildman–Crippen MR) is 98.0 cm³/mol. The highest BCUT2D eigenvalue weighted by Gasteiger charge is 2.18. The Labute approximate surface area is 142 Å². The van der Waals surface area contributed by atoms with Crippen LogP contribution in [-0.2, 0) is 13.5 Å². The third-order valence-corrected chi connectivity index (χ3v) is 4.61. The second-order valence-electron chi connectivity index (χ2n) is 6.03. The van der Waals surface area contributed by atoms with Crippen LogP contribution in [0.4, 0.5) is 0 Å². The molecule has 0 saturated heterocycles. The van der Waals surface area contributed by atoms with Crippen molar-refractivity contribution in [3.63, 3.8) is 0 Å². The SMILES string of the molecule is COc1ccc(CC(CN)c2cn(C)c3ccccc23)c(OC)c1. The lowest BCUT2D eigenvalue weighted by Crippen LogP contribution is -2.15. The van der Waals surface area contributed by atoms with Gasteiger partial charge in [0.2, 0.25) is 0 Å². The highest BCUT2D eigenvalue weighted by molar-refractivity contribution is 5.84. The van der Waals surface area contributed by atoms with E-state index in [9.17, 15) is 0 Å². The Morgan fingerprint density at radius 2 is 1.88 bits per heavy atom. The van der Waals surface area contributed by atoms with E-state index in [2.05, 4.69) is 48.1 Å². The summed E-state index contributed by atoms with van der Waals surface area (Å²) in [6.45, 7) is 0.586. The number of methoxy groups -OCH3 is 2. The van der Waals surface area contributed by atoms with Crippen LogP contribution in [-0.4, -0.2) is 25.3 Å². The molecule has 0 aliphatic carbocycles. The minimum absolute atomic E-state index is 0.235. The number of nitrogens with zero attached hydrogens (tertiary/aromatic N) is 1. The molecule has 0 bridgehead atoms. The number of nitrogens with two attached hydrogens (primary N) is 1. The van der Waals surface area contributed by atoms with Crippen LogP contribution in [0.5, 0.6) is 11.5 Å². The Kier molecular flexibility index (Phi) is 4.76. The number of benzene rings is 2. The molecule has 4 nitrogen and oxygen atoms in total. The number of aromatic nitrogens is 1. The monoisotopic (exact) mass is 324 g/mol. The van der Waals surface area contributed by atoms with E-state index < -0.39 is 0 Å². The fourth-order valence-electron chi connectivity index (χ4n) is 3.30. The maximum Gasteiger partial charge on any atom is 0.125 e. The lowest BCUT2D eigenvalue weighted by molar-refractivity contribution is 0.390. The molecule has 0 aliphatic heterocycles. The van der Waals surface area contributed by atoms with E-state index in [0.29, 0.717) is 6.54 Å². The zero-order valence-electron chi connectivity index (χ0n) is 14.5. The molecule has 4 heteroatoms. The van der Waals surface area contributed by atoms with Crippen molar-refractivity contribution in [1.82, 2.24) is 4.57 Å². The van der Waals surface area contributed by atoms with Gasteiger partial charge in [-0.3, -0.25) is 0 Å². The van der Waals surface area contributed by atoms with Crippen molar-refractivity contribution in [2.24, 2.45) is 12.8 Å². The second-order valence-corrected chi connectivity index (χ2v) is 6.03. The molecule has 1 aromatic heterocycles. The van der Waals surface area contributed by atoms with Gasteiger partial charge in [0.15, 0.2) is 0 Å². The predicted octanol–water partition coefficient (Wildman–Crippen LogP) is 3.48. The summed E-state index contributed by atoms with van der Waals surface area (Å²) in [6, 6.07) is 14.4. The van der Waals surface area contributed by atoms with Gasteiger partial charge in [-0.2, -0.15) is 0 Å². The Hall–Kier alpha value is -2.46. The van der Waals surface area contributed by atoms with E-state index in [1.807, 2.05) is 12.1 Å². The van der Waals surface area contributed by atoms with Crippen LogP contribution in [0, 0.1) is 0 Å². The van der Waals surface area contributed by atoms with Crippen molar-refractivity contribution in [1.29, 1.82) is 0 Å². The quantitative estimate of drug-likeness (QED) is 0.755. The molecule has 1 heterocycles. The van der Waals surface area contributed by atoms with E-state index in [0.717, 1.165) is 23.5 Å². The molecule has 2 N–H and O–H groups in total. The van der Waals surface area contributed by atoms with Gasteiger partial charge in [0.25, 0.3) is 0 Å². The van der Waals surface area contributed by atoms with Crippen LogP contribution in [0.3, 0.4) is 0 Å². The Bertz CT molecular complexity index is 839. The van der Waals surface area contributed by atoms with Crippen molar-refractivity contribution >= 4 is 10.9 Å².